The van der Waals surface area contributed by atoms with Crippen molar-refractivity contribution < 1.29 is 9.47 Å². The lowest BCUT2D eigenvalue weighted by Crippen LogP contribution is -2.48. The number of hydrogen-bond acceptors (Lipinski definition) is 4. The van der Waals surface area contributed by atoms with Crippen LogP contribution in [0.1, 0.15) is 18.1 Å². The largest absolute Gasteiger partial charge is 0.492 e. The fourth-order valence-electron chi connectivity index (χ4n) is 2.88. The number of para-hydroxylation sites is 1. The van der Waals surface area contributed by atoms with Gasteiger partial charge in [0.05, 0.1) is 6.61 Å². The Hall–Kier alpha value is -1.10. The highest BCUT2D eigenvalue weighted by Crippen LogP contribution is 2.22. The number of piperazine rings is 1. The van der Waals surface area contributed by atoms with Gasteiger partial charge in [0.2, 0.25) is 0 Å². The molecule has 1 fully saturated rings. The molecule has 0 atom stereocenters. The van der Waals surface area contributed by atoms with Crippen LogP contribution in [0.4, 0.5) is 0 Å². The molecule has 4 heteroatoms. The molecule has 0 unspecified atom stereocenters. The van der Waals surface area contributed by atoms with Gasteiger partial charge in [-0.1, -0.05) is 18.2 Å². The van der Waals surface area contributed by atoms with E-state index in [2.05, 4.69) is 41.8 Å². The molecule has 1 aliphatic rings. The van der Waals surface area contributed by atoms with Crippen molar-refractivity contribution in [3.05, 3.63) is 29.3 Å². The van der Waals surface area contributed by atoms with Gasteiger partial charge in [0.15, 0.2) is 0 Å². The number of rotatable bonds is 8. The van der Waals surface area contributed by atoms with Crippen LogP contribution in [-0.2, 0) is 4.74 Å². The van der Waals surface area contributed by atoms with E-state index < -0.39 is 0 Å². The monoisotopic (exact) mass is 306 g/mol. The molecule has 0 amide bonds. The number of nitrogens with zero attached hydrogens (tertiary/aromatic N) is 2. The lowest BCUT2D eigenvalue weighted by molar-refractivity contribution is 0.0758. The Balaban J connectivity index is 1.65. The van der Waals surface area contributed by atoms with E-state index in [1.54, 1.807) is 0 Å². The number of hydrogen-bond donors (Lipinski definition) is 0. The third-order valence-corrected chi connectivity index (χ3v) is 4.28. The summed E-state index contributed by atoms with van der Waals surface area (Å²) >= 11 is 0. The van der Waals surface area contributed by atoms with Crippen LogP contribution in [0.15, 0.2) is 18.2 Å². The molecule has 1 saturated heterocycles. The smallest absolute Gasteiger partial charge is 0.125 e. The Kier molecular flexibility index (Phi) is 7.16. The summed E-state index contributed by atoms with van der Waals surface area (Å²) < 4.78 is 11.4. The fraction of sp³-hybridized carbons (Fsp3) is 0.667. The predicted octanol–water partition coefficient (Wildman–Crippen LogP) is 2.34. The number of ether oxygens (including phenoxy) is 2. The van der Waals surface area contributed by atoms with Gasteiger partial charge in [-0.05, 0) is 31.9 Å². The van der Waals surface area contributed by atoms with Crippen molar-refractivity contribution in [1.29, 1.82) is 0 Å². The molecular formula is C18H30N2O2. The molecule has 0 spiro atoms. The molecule has 0 radical (unpaired) electrons. The van der Waals surface area contributed by atoms with Crippen molar-refractivity contribution in [3.8, 4) is 5.75 Å². The van der Waals surface area contributed by atoms with E-state index in [9.17, 15) is 0 Å². The first-order chi connectivity index (χ1) is 10.7. The second kappa shape index (κ2) is 9.13. The summed E-state index contributed by atoms with van der Waals surface area (Å²) in [5.74, 6) is 1.05. The average molecular weight is 306 g/mol. The Morgan fingerprint density at radius 3 is 2.00 bits per heavy atom. The van der Waals surface area contributed by atoms with Gasteiger partial charge in [-0.15, -0.1) is 0 Å². The highest BCUT2D eigenvalue weighted by Gasteiger charge is 2.16. The van der Waals surface area contributed by atoms with Crippen LogP contribution in [0.25, 0.3) is 0 Å². The van der Waals surface area contributed by atoms with E-state index in [0.29, 0.717) is 0 Å². The van der Waals surface area contributed by atoms with Crippen LogP contribution in [0.3, 0.4) is 0 Å². The Bertz CT molecular complexity index is 422. The predicted molar refractivity (Wildman–Crippen MR) is 90.8 cm³/mol. The average Bonchev–Trinajstić information content (AvgIpc) is 2.52. The SMILES string of the molecule is CCOCCN1CCN(CCOc2c(C)cccc2C)CC1. The molecule has 124 valence electrons. The van der Waals surface area contributed by atoms with Crippen LogP contribution in [0.2, 0.25) is 0 Å². The molecule has 1 heterocycles. The first-order valence-corrected chi connectivity index (χ1v) is 8.42. The fourth-order valence-corrected chi connectivity index (χ4v) is 2.88. The van der Waals surface area contributed by atoms with Crippen molar-refractivity contribution in [2.24, 2.45) is 0 Å². The highest BCUT2D eigenvalue weighted by molar-refractivity contribution is 5.39. The van der Waals surface area contributed by atoms with E-state index in [-0.39, 0.29) is 0 Å². The summed E-state index contributed by atoms with van der Waals surface area (Å²) in [5, 5.41) is 0. The van der Waals surface area contributed by atoms with E-state index in [4.69, 9.17) is 9.47 Å². The van der Waals surface area contributed by atoms with E-state index >= 15 is 0 Å². The Morgan fingerprint density at radius 1 is 0.909 bits per heavy atom. The number of aryl methyl sites for hydroxylation is 2. The van der Waals surface area contributed by atoms with Gasteiger partial charge >= 0.3 is 0 Å². The third-order valence-electron chi connectivity index (χ3n) is 4.28. The third kappa shape index (κ3) is 5.27. The molecule has 1 aromatic carbocycles. The summed E-state index contributed by atoms with van der Waals surface area (Å²) in [6.45, 7) is 15.3. The maximum absolute atomic E-state index is 6.00. The normalized spacial score (nSPS) is 16.9. The first-order valence-electron chi connectivity index (χ1n) is 8.42. The van der Waals surface area contributed by atoms with Crippen LogP contribution in [0, 0.1) is 13.8 Å². The van der Waals surface area contributed by atoms with Crippen LogP contribution in [-0.4, -0.2) is 68.9 Å². The van der Waals surface area contributed by atoms with Crippen molar-refractivity contribution in [2.75, 3.05) is 59.1 Å². The van der Waals surface area contributed by atoms with Gasteiger partial charge in [-0.2, -0.15) is 0 Å². The topological polar surface area (TPSA) is 24.9 Å². The quantitative estimate of drug-likeness (QED) is 0.688. The zero-order valence-corrected chi connectivity index (χ0v) is 14.3. The molecule has 0 aliphatic carbocycles. The van der Waals surface area contributed by atoms with E-state index in [1.165, 1.54) is 11.1 Å². The lowest BCUT2D eigenvalue weighted by Gasteiger charge is -2.34. The highest BCUT2D eigenvalue weighted by atomic mass is 16.5. The molecule has 0 saturated carbocycles. The Labute approximate surface area is 135 Å². The van der Waals surface area contributed by atoms with Gasteiger partial charge in [0.25, 0.3) is 0 Å². The molecule has 2 rings (SSSR count). The maximum atomic E-state index is 6.00. The molecule has 1 aromatic rings. The lowest BCUT2D eigenvalue weighted by atomic mass is 10.1. The van der Waals surface area contributed by atoms with Crippen LogP contribution < -0.4 is 4.74 Å². The van der Waals surface area contributed by atoms with Gasteiger partial charge in [0.1, 0.15) is 12.4 Å². The summed E-state index contributed by atoms with van der Waals surface area (Å²) in [7, 11) is 0. The van der Waals surface area contributed by atoms with Crippen LogP contribution in [0.5, 0.6) is 5.75 Å². The summed E-state index contributed by atoms with van der Waals surface area (Å²) in [5.41, 5.74) is 2.45. The second-order valence-corrected chi connectivity index (χ2v) is 5.95. The molecule has 1 aliphatic heterocycles. The minimum absolute atomic E-state index is 0.768. The summed E-state index contributed by atoms with van der Waals surface area (Å²) in [6, 6.07) is 6.30. The second-order valence-electron chi connectivity index (χ2n) is 5.95. The van der Waals surface area contributed by atoms with Gasteiger partial charge in [-0.3, -0.25) is 9.80 Å². The maximum Gasteiger partial charge on any atom is 0.125 e. The van der Waals surface area contributed by atoms with Gasteiger partial charge < -0.3 is 9.47 Å². The van der Waals surface area contributed by atoms with Crippen molar-refractivity contribution in [2.45, 2.75) is 20.8 Å². The van der Waals surface area contributed by atoms with Crippen molar-refractivity contribution in [3.63, 3.8) is 0 Å². The molecular weight excluding hydrogens is 276 g/mol. The minimum Gasteiger partial charge on any atom is -0.492 e. The molecule has 0 N–H and O–H groups in total. The molecule has 0 aromatic heterocycles. The van der Waals surface area contributed by atoms with Gasteiger partial charge in [0, 0.05) is 45.9 Å². The van der Waals surface area contributed by atoms with E-state index in [1.807, 2.05) is 6.92 Å². The van der Waals surface area contributed by atoms with Crippen LogP contribution >= 0.6 is 0 Å². The molecule has 0 bridgehead atoms. The zero-order valence-electron chi connectivity index (χ0n) is 14.3. The first kappa shape index (κ1) is 17.3. The van der Waals surface area contributed by atoms with E-state index in [0.717, 1.165) is 64.8 Å². The van der Waals surface area contributed by atoms with Gasteiger partial charge in [-0.25, -0.2) is 0 Å². The molecule has 4 nitrogen and oxygen atoms in total. The minimum atomic E-state index is 0.768. The molecule has 22 heavy (non-hydrogen) atoms. The van der Waals surface area contributed by atoms with Crippen molar-refractivity contribution >= 4 is 0 Å². The zero-order chi connectivity index (χ0) is 15.8. The summed E-state index contributed by atoms with van der Waals surface area (Å²) in [6.07, 6.45) is 0. The Morgan fingerprint density at radius 2 is 1.45 bits per heavy atom. The van der Waals surface area contributed by atoms with Crippen molar-refractivity contribution in [1.82, 2.24) is 9.80 Å². The number of benzene rings is 1. The standard InChI is InChI=1S/C18H30N2O2/c1-4-21-14-12-19-8-10-20(11-9-19)13-15-22-18-16(2)6-5-7-17(18)3/h5-7H,4,8-15H2,1-3H3. The summed E-state index contributed by atoms with van der Waals surface area (Å²) in [4.78, 5) is 4.98.